The summed E-state index contributed by atoms with van der Waals surface area (Å²) in [6, 6.07) is 15.2. The Morgan fingerprint density at radius 1 is 1.12 bits per heavy atom. The molecule has 1 heterocycles. The Labute approximate surface area is 140 Å². The van der Waals surface area contributed by atoms with E-state index in [1.54, 1.807) is 17.8 Å². The molecule has 0 saturated carbocycles. The number of hydrogen-bond donors (Lipinski definition) is 1. The van der Waals surface area contributed by atoms with E-state index >= 15 is 0 Å². The van der Waals surface area contributed by atoms with E-state index in [-0.39, 0.29) is 5.56 Å². The maximum atomic E-state index is 12.7. The highest BCUT2D eigenvalue weighted by Gasteiger charge is 2.15. The second-order valence-corrected chi connectivity index (χ2v) is 5.57. The van der Waals surface area contributed by atoms with E-state index in [2.05, 4.69) is 15.6 Å². The van der Waals surface area contributed by atoms with Crippen molar-refractivity contribution in [3.8, 4) is 0 Å². The van der Waals surface area contributed by atoms with Crippen molar-refractivity contribution >= 4 is 16.6 Å². The highest BCUT2D eigenvalue weighted by atomic mass is 16.1. The number of benzene rings is 2. The van der Waals surface area contributed by atoms with Gasteiger partial charge in [0.05, 0.1) is 10.9 Å². The average Bonchev–Trinajstić information content (AvgIpc) is 2.59. The van der Waals surface area contributed by atoms with E-state index in [1.165, 1.54) is 10.2 Å². The zero-order valence-corrected chi connectivity index (χ0v) is 14.0. The van der Waals surface area contributed by atoms with Gasteiger partial charge in [0.15, 0.2) is 0 Å². The lowest BCUT2D eigenvalue weighted by Crippen LogP contribution is -2.37. The van der Waals surface area contributed by atoms with E-state index in [0.717, 1.165) is 5.69 Å². The van der Waals surface area contributed by atoms with Crippen LogP contribution in [0.4, 0.5) is 5.69 Å². The summed E-state index contributed by atoms with van der Waals surface area (Å²) in [6.07, 6.45) is 0. The fourth-order valence-corrected chi connectivity index (χ4v) is 2.39. The summed E-state index contributed by atoms with van der Waals surface area (Å²) in [5.41, 5.74) is 5.57. The van der Waals surface area contributed by atoms with Crippen molar-refractivity contribution in [2.45, 2.75) is 20.8 Å². The number of rotatable bonds is 4. The summed E-state index contributed by atoms with van der Waals surface area (Å²) in [7, 11) is 0. The molecule has 1 aromatic heterocycles. The third-order valence-corrected chi connectivity index (χ3v) is 3.73. The number of hydrazine groups is 1. The minimum Gasteiger partial charge on any atom is -0.238 e. The minimum atomic E-state index is -0.143. The number of para-hydroxylation sites is 1. The quantitative estimate of drug-likeness (QED) is 0.455. The van der Waals surface area contributed by atoms with Gasteiger partial charge in [-0.3, -0.25) is 0 Å². The molecule has 6 nitrogen and oxygen atoms in total. The van der Waals surface area contributed by atoms with Gasteiger partial charge in [-0.2, -0.15) is 0 Å². The molecule has 3 aromatic rings. The Kier molecular flexibility index (Phi) is 4.37. The fourth-order valence-electron chi connectivity index (χ4n) is 2.39. The Morgan fingerprint density at radius 2 is 1.83 bits per heavy atom. The van der Waals surface area contributed by atoms with Gasteiger partial charge in [0.1, 0.15) is 12.2 Å². The van der Waals surface area contributed by atoms with E-state index in [9.17, 15) is 4.79 Å². The molecule has 24 heavy (non-hydrogen) atoms. The van der Waals surface area contributed by atoms with Gasteiger partial charge in [-0.25, -0.2) is 9.78 Å². The Bertz CT molecular complexity index is 957. The molecule has 3 rings (SSSR count). The number of azo groups is 1. The number of aromatic nitrogens is 2. The molecule has 0 unspecified atom stereocenters. The molecule has 0 atom stereocenters. The fraction of sp³-hybridized carbons (Fsp3) is 0.222. The Hall–Kier alpha value is -3.02. The average molecular weight is 322 g/mol. The van der Waals surface area contributed by atoms with Crippen molar-refractivity contribution < 1.29 is 4.81 Å². The first-order valence-electron chi connectivity index (χ1n) is 7.89. The molecule has 0 fully saturated rings. The molecule has 0 spiro atoms. The smallest absolute Gasteiger partial charge is 0.238 e. The predicted molar refractivity (Wildman–Crippen MR) is 94.2 cm³/mol. The van der Waals surface area contributed by atoms with Gasteiger partial charge >= 0.3 is 5.56 Å². The molecule has 1 N–H and O–H groups in total. The number of nitrogens with zero attached hydrogens (tertiary/aromatic N) is 4. The SMILES string of the molecule is CC[N+](=Nc1ccc(C)cc1)Nn1c(C)nc2ccccc2c1=O. The standard InChI is InChI=1S/C18H20N5O/c1-4-22(20-15-11-9-13(2)10-12-15)21-23-14(3)19-17-8-6-5-7-16(17)18(23)24/h5-12H,4H2,1-3H3,(H,20,21)/q+1. The van der Waals surface area contributed by atoms with Gasteiger partial charge in [0.25, 0.3) is 0 Å². The molecule has 0 bridgehead atoms. The second-order valence-electron chi connectivity index (χ2n) is 5.57. The van der Waals surface area contributed by atoms with E-state index in [0.29, 0.717) is 23.3 Å². The Morgan fingerprint density at radius 3 is 2.54 bits per heavy atom. The van der Waals surface area contributed by atoms with E-state index in [4.69, 9.17) is 0 Å². The molecule has 0 aliphatic carbocycles. The first-order valence-corrected chi connectivity index (χ1v) is 7.89. The van der Waals surface area contributed by atoms with Gasteiger partial charge in [-0.15, -0.1) is 0 Å². The lowest BCUT2D eigenvalue weighted by Gasteiger charge is -2.07. The molecule has 0 radical (unpaired) electrons. The highest BCUT2D eigenvalue weighted by Crippen LogP contribution is 2.12. The zero-order chi connectivity index (χ0) is 17.1. The lowest BCUT2D eigenvalue weighted by molar-refractivity contribution is -0.570. The van der Waals surface area contributed by atoms with Crippen LogP contribution in [-0.4, -0.2) is 21.0 Å². The maximum Gasteiger partial charge on any atom is 0.367 e. The molecule has 2 aromatic carbocycles. The van der Waals surface area contributed by atoms with Crippen LogP contribution in [0, 0.1) is 13.8 Å². The van der Waals surface area contributed by atoms with Crippen molar-refractivity contribution in [1.29, 1.82) is 0 Å². The predicted octanol–water partition coefficient (Wildman–Crippen LogP) is 3.29. The number of hydrogen-bond acceptors (Lipinski definition) is 3. The van der Waals surface area contributed by atoms with Crippen molar-refractivity contribution in [1.82, 2.24) is 9.66 Å². The monoisotopic (exact) mass is 322 g/mol. The summed E-state index contributed by atoms with van der Waals surface area (Å²) in [5, 5.41) is 5.08. The van der Waals surface area contributed by atoms with Crippen LogP contribution in [0.2, 0.25) is 0 Å². The lowest BCUT2D eigenvalue weighted by atomic mass is 10.2. The molecular weight excluding hydrogens is 302 g/mol. The summed E-state index contributed by atoms with van der Waals surface area (Å²) in [4.78, 5) is 18.8. The van der Waals surface area contributed by atoms with Crippen LogP contribution in [-0.2, 0) is 0 Å². The van der Waals surface area contributed by atoms with Gasteiger partial charge in [0, 0.05) is 6.92 Å². The van der Waals surface area contributed by atoms with Gasteiger partial charge < -0.3 is 0 Å². The molecule has 0 aliphatic heterocycles. The maximum absolute atomic E-state index is 12.7. The number of nitrogens with one attached hydrogen (secondary N) is 1. The van der Waals surface area contributed by atoms with Gasteiger partial charge in [-0.05, 0) is 38.1 Å². The normalized spacial score (nSPS) is 11.7. The Balaban J connectivity index is 2.01. The van der Waals surface area contributed by atoms with Crippen LogP contribution in [0.3, 0.4) is 0 Å². The summed E-state index contributed by atoms with van der Waals surface area (Å²) in [6.45, 7) is 6.37. The third-order valence-electron chi connectivity index (χ3n) is 3.73. The first kappa shape index (κ1) is 15.9. The topological polar surface area (TPSA) is 62.3 Å². The third kappa shape index (κ3) is 3.17. The van der Waals surface area contributed by atoms with E-state index in [1.807, 2.05) is 56.3 Å². The van der Waals surface area contributed by atoms with Crippen LogP contribution in [0.25, 0.3) is 10.9 Å². The molecule has 6 heteroatoms. The highest BCUT2D eigenvalue weighted by molar-refractivity contribution is 5.77. The zero-order valence-electron chi connectivity index (χ0n) is 14.0. The molecule has 0 aliphatic rings. The molecular formula is C18H20N5O+. The van der Waals surface area contributed by atoms with E-state index < -0.39 is 0 Å². The second kappa shape index (κ2) is 6.62. The minimum absolute atomic E-state index is 0.143. The molecule has 0 saturated heterocycles. The largest absolute Gasteiger partial charge is 0.367 e. The number of aryl methyl sites for hydroxylation is 2. The van der Waals surface area contributed by atoms with Crippen LogP contribution in [0.1, 0.15) is 18.3 Å². The van der Waals surface area contributed by atoms with Crippen LogP contribution in [0.15, 0.2) is 58.4 Å². The van der Waals surface area contributed by atoms with Crippen molar-refractivity contribution in [2.75, 3.05) is 12.1 Å². The number of fused-ring (bicyclic) bond motifs is 1. The van der Waals surface area contributed by atoms with Crippen LogP contribution >= 0.6 is 0 Å². The van der Waals surface area contributed by atoms with Crippen molar-refractivity contribution in [3.63, 3.8) is 0 Å². The van der Waals surface area contributed by atoms with Gasteiger partial charge in [0.2, 0.25) is 5.82 Å². The summed E-state index contributed by atoms with van der Waals surface area (Å²) < 4.78 is 1.42. The molecule has 0 amide bonds. The van der Waals surface area contributed by atoms with Crippen molar-refractivity contribution in [3.05, 3.63) is 70.3 Å². The summed E-state index contributed by atoms with van der Waals surface area (Å²) in [5.74, 6) is 0.580. The van der Waals surface area contributed by atoms with Crippen LogP contribution in [0.5, 0.6) is 0 Å². The first-order chi connectivity index (χ1) is 11.6. The van der Waals surface area contributed by atoms with Crippen molar-refractivity contribution in [2.24, 2.45) is 5.11 Å². The van der Waals surface area contributed by atoms with Crippen LogP contribution < -0.4 is 11.1 Å². The van der Waals surface area contributed by atoms with Gasteiger partial charge in [-0.1, -0.05) is 50.0 Å². The molecule has 122 valence electrons. The summed E-state index contributed by atoms with van der Waals surface area (Å²) >= 11 is 0.